The predicted molar refractivity (Wildman–Crippen MR) is 209 cm³/mol. The second-order valence-corrected chi connectivity index (χ2v) is 13.3. The molecule has 4 heteroatoms. The van der Waals surface area contributed by atoms with E-state index in [0.29, 0.717) is 23.0 Å². The third kappa shape index (κ3) is 5.19. The van der Waals surface area contributed by atoms with Gasteiger partial charge in [0.1, 0.15) is 0 Å². The van der Waals surface area contributed by atoms with E-state index < -0.39 is 0 Å². The number of nitriles is 1. The van der Waals surface area contributed by atoms with Gasteiger partial charge in [-0.05, 0) is 75.2 Å². The van der Waals surface area contributed by atoms with Crippen molar-refractivity contribution >= 4 is 0 Å². The minimum Gasteiger partial charge on any atom is -0.208 e. The normalized spacial score (nSPS) is 14.3. The quantitative estimate of drug-likeness (QED) is 0.177. The summed E-state index contributed by atoms with van der Waals surface area (Å²) in [5.41, 5.74) is 13.6. The highest BCUT2D eigenvalue weighted by Gasteiger charge is 2.42. The number of rotatable bonds is 6. The van der Waals surface area contributed by atoms with Gasteiger partial charge in [-0.3, -0.25) is 0 Å². The summed E-state index contributed by atoms with van der Waals surface area (Å²) in [6, 6.07) is 63.0. The molecule has 0 saturated carbocycles. The summed E-state index contributed by atoms with van der Waals surface area (Å²) in [7, 11) is 0. The standard InChI is InChI=1S/C48H32N4/c1-48(38-20-9-4-10-21-38)41-23-12-11-22-40(41)44-42(48)29-28-39(43(44)33-26-24-32(31-49)25-27-33)36-18-13-19-37(30-36)47-51-45(34-14-5-2-6-15-34)50-46(52-47)35-16-7-3-8-17-35/h2-30H,1H3. The summed E-state index contributed by atoms with van der Waals surface area (Å²) in [5.74, 6) is 1.86. The van der Waals surface area contributed by atoms with Crippen molar-refractivity contribution in [1.82, 2.24) is 15.0 Å². The molecule has 0 saturated heterocycles. The molecule has 52 heavy (non-hydrogen) atoms. The van der Waals surface area contributed by atoms with E-state index in [0.717, 1.165) is 38.9 Å². The lowest BCUT2D eigenvalue weighted by Crippen LogP contribution is -2.22. The molecule has 244 valence electrons. The Bertz CT molecular complexity index is 2570. The van der Waals surface area contributed by atoms with Crippen molar-refractivity contribution in [3.8, 4) is 73.6 Å². The van der Waals surface area contributed by atoms with Crippen LogP contribution in [0.2, 0.25) is 0 Å². The molecule has 0 N–H and O–H groups in total. The average Bonchev–Trinajstić information content (AvgIpc) is 3.50. The number of hydrogen-bond acceptors (Lipinski definition) is 4. The van der Waals surface area contributed by atoms with Crippen molar-refractivity contribution in [2.24, 2.45) is 0 Å². The first-order valence-electron chi connectivity index (χ1n) is 17.4. The summed E-state index contributed by atoms with van der Waals surface area (Å²) < 4.78 is 0. The molecular weight excluding hydrogens is 633 g/mol. The number of hydrogen-bond donors (Lipinski definition) is 0. The van der Waals surface area contributed by atoms with E-state index in [1.165, 1.54) is 27.8 Å². The molecule has 1 aromatic heterocycles. The summed E-state index contributed by atoms with van der Waals surface area (Å²) in [5, 5.41) is 9.67. The van der Waals surface area contributed by atoms with Gasteiger partial charge in [-0.2, -0.15) is 5.26 Å². The number of aromatic nitrogens is 3. The highest BCUT2D eigenvalue weighted by molar-refractivity contribution is 6.01. The van der Waals surface area contributed by atoms with Crippen molar-refractivity contribution in [2.45, 2.75) is 12.3 Å². The van der Waals surface area contributed by atoms with Crippen LogP contribution in [0.1, 0.15) is 29.2 Å². The van der Waals surface area contributed by atoms with Crippen LogP contribution < -0.4 is 0 Å². The van der Waals surface area contributed by atoms with Crippen LogP contribution in [0.3, 0.4) is 0 Å². The third-order valence-corrected chi connectivity index (χ3v) is 10.3. The fraction of sp³-hybridized carbons (Fsp3) is 0.0417. The fourth-order valence-corrected chi connectivity index (χ4v) is 7.68. The maximum Gasteiger partial charge on any atom is 0.164 e. The average molecular weight is 665 g/mol. The topological polar surface area (TPSA) is 62.5 Å². The largest absolute Gasteiger partial charge is 0.208 e. The van der Waals surface area contributed by atoms with Gasteiger partial charge in [0.05, 0.1) is 11.6 Å². The molecule has 9 rings (SSSR count). The lowest BCUT2D eigenvalue weighted by atomic mass is 9.73. The Hall–Kier alpha value is -6.96. The van der Waals surface area contributed by atoms with Gasteiger partial charge in [0.2, 0.25) is 0 Å². The van der Waals surface area contributed by atoms with Gasteiger partial charge in [0.25, 0.3) is 0 Å². The maximum atomic E-state index is 9.67. The zero-order chi connectivity index (χ0) is 35.1. The first-order valence-corrected chi connectivity index (χ1v) is 17.4. The molecule has 1 atom stereocenters. The molecule has 1 aliphatic carbocycles. The Balaban J connectivity index is 1.27. The van der Waals surface area contributed by atoms with Crippen LogP contribution in [0.4, 0.5) is 0 Å². The highest BCUT2D eigenvalue weighted by atomic mass is 15.0. The zero-order valence-electron chi connectivity index (χ0n) is 28.5. The number of fused-ring (bicyclic) bond motifs is 3. The summed E-state index contributed by atoms with van der Waals surface area (Å²) in [4.78, 5) is 14.9. The Morgan fingerprint density at radius 3 is 1.60 bits per heavy atom. The van der Waals surface area contributed by atoms with E-state index in [-0.39, 0.29) is 5.41 Å². The fourth-order valence-electron chi connectivity index (χ4n) is 7.68. The van der Waals surface area contributed by atoms with E-state index in [1.54, 1.807) is 0 Å². The first kappa shape index (κ1) is 31.1. The van der Waals surface area contributed by atoms with Crippen molar-refractivity contribution in [1.29, 1.82) is 5.26 Å². The second kappa shape index (κ2) is 12.7. The smallest absolute Gasteiger partial charge is 0.164 e. The van der Waals surface area contributed by atoms with Crippen LogP contribution >= 0.6 is 0 Å². The SMILES string of the molecule is CC1(c2ccccc2)c2ccccc2-c2c1ccc(-c1cccc(-c3nc(-c4ccccc4)nc(-c4ccccc4)n3)c1)c2-c1ccc(C#N)cc1. The molecule has 0 spiro atoms. The van der Waals surface area contributed by atoms with Gasteiger partial charge in [0, 0.05) is 22.1 Å². The Morgan fingerprint density at radius 1 is 0.423 bits per heavy atom. The predicted octanol–water partition coefficient (Wildman–Crippen LogP) is 11.4. The third-order valence-electron chi connectivity index (χ3n) is 10.3. The molecule has 0 fully saturated rings. The molecule has 4 nitrogen and oxygen atoms in total. The molecule has 0 aliphatic heterocycles. The Morgan fingerprint density at radius 2 is 0.962 bits per heavy atom. The minimum atomic E-state index is -0.346. The van der Waals surface area contributed by atoms with Crippen molar-refractivity contribution in [2.75, 3.05) is 0 Å². The first-order chi connectivity index (χ1) is 25.6. The van der Waals surface area contributed by atoms with Crippen LogP contribution in [-0.4, -0.2) is 15.0 Å². The van der Waals surface area contributed by atoms with E-state index in [9.17, 15) is 5.26 Å². The van der Waals surface area contributed by atoms with Crippen molar-refractivity contribution in [3.05, 3.63) is 198 Å². The monoisotopic (exact) mass is 664 g/mol. The minimum absolute atomic E-state index is 0.346. The zero-order valence-corrected chi connectivity index (χ0v) is 28.5. The van der Waals surface area contributed by atoms with Crippen molar-refractivity contribution in [3.63, 3.8) is 0 Å². The van der Waals surface area contributed by atoms with Gasteiger partial charge in [0.15, 0.2) is 17.5 Å². The highest BCUT2D eigenvalue weighted by Crippen LogP contribution is 2.57. The van der Waals surface area contributed by atoms with E-state index >= 15 is 0 Å². The molecule has 1 heterocycles. The molecule has 1 aliphatic rings. The van der Waals surface area contributed by atoms with Crippen LogP contribution in [0.25, 0.3) is 67.5 Å². The van der Waals surface area contributed by atoms with Gasteiger partial charge >= 0.3 is 0 Å². The van der Waals surface area contributed by atoms with Gasteiger partial charge in [-0.1, -0.05) is 158 Å². The van der Waals surface area contributed by atoms with Crippen LogP contribution in [0, 0.1) is 11.3 Å². The van der Waals surface area contributed by atoms with Gasteiger partial charge < -0.3 is 0 Å². The molecular formula is C48H32N4. The molecule has 8 aromatic rings. The van der Waals surface area contributed by atoms with Crippen LogP contribution in [-0.2, 0) is 5.41 Å². The molecule has 0 bridgehead atoms. The molecule has 1 unspecified atom stereocenters. The number of nitrogens with zero attached hydrogens (tertiary/aromatic N) is 4. The summed E-state index contributed by atoms with van der Waals surface area (Å²) >= 11 is 0. The summed E-state index contributed by atoms with van der Waals surface area (Å²) in [6.07, 6.45) is 0. The van der Waals surface area contributed by atoms with Crippen LogP contribution in [0.5, 0.6) is 0 Å². The summed E-state index contributed by atoms with van der Waals surface area (Å²) in [6.45, 7) is 2.34. The molecule has 7 aromatic carbocycles. The molecule has 0 radical (unpaired) electrons. The second-order valence-electron chi connectivity index (χ2n) is 13.3. The number of benzene rings is 7. The van der Waals surface area contributed by atoms with Crippen molar-refractivity contribution < 1.29 is 0 Å². The molecule has 0 amide bonds. The maximum absolute atomic E-state index is 9.67. The van der Waals surface area contributed by atoms with E-state index in [1.807, 2.05) is 72.8 Å². The Kier molecular flexibility index (Phi) is 7.60. The van der Waals surface area contributed by atoms with E-state index in [4.69, 9.17) is 15.0 Å². The van der Waals surface area contributed by atoms with Gasteiger partial charge in [-0.25, -0.2) is 15.0 Å². The lowest BCUT2D eigenvalue weighted by molar-refractivity contribution is 0.714. The van der Waals surface area contributed by atoms with E-state index in [2.05, 4.69) is 116 Å². The lowest BCUT2D eigenvalue weighted by Gasteiger charge is -2.29. The van der Waals surface area contributed by atoms with Gasteiger partial charge in [-0.15, -0.1) is 0 Å². The Labute approximate surface area is 303 Å². The van der Waals surface area contributed by atoms with Crippen LogP contribution in [0.15, 0.2) is 176 Å².